The van der Waals surface area contributed by atoms with Gasteiger partial charge in [-0.05, 0) is 57.1 Å². The highest BCUT2D eigenvalue weighted by Crippen LogP contribution is 2.25. The maximum absolute atomic E-state index is 14.3. The third-order valence-electron chi connectivity index (χ3n) is 5.51. The Balaban J connectivity index is 1.54. The molecule has 1 saturated heterocycles. The zero-order chi connectivity index (χ0) is 22.7. The Morgan fingerprint density at radius 2 is 2.00 bits per heavy atom. The van der Waals surface area contributed by atoms with Gasteiger partial charge in [0.1, 0.15) is 23.1 Å². The molecule has 7 nitrogen and oxygen atoms in total. The fourth-order valence-corrected chi connectivity index (χ4v) is 3.77. The Hall–Kier alpha value is -3.64. The number of nitriles is 1. The molecule has 0 unspecified atom stereocenters. The van der Waals surface area contributed by atoms with Crippen molar-refractivity contribution in [1.29, 1.82) is 5.26 Å². The normalized spacial score (nSPS) is 13.8. The summed E-state index contributed by atoms with van der Waals surface area (Å²) < 4.78 is 28.8. The molecular weight excluding hydrogens is 414 g/mol. The minimum Gasteiger partial charge on any atom is -0.305 e. The first kappa shape index (κ1) is 21.6. The maximum atomic E-state index is 14.3. The number of nitrogens with zero attached hydrogens (tertiary/aromatic N) is 5. The molecule has 9 heteroatoms. The number of halogens is 2. The molecule has 1 fully saturated rings. The van der Waals surface area contributed by atoms with Gasteiger partial charge in [0, 0.05) is 30.9 Å². The summed E-state index contributed by atoms with van der Waals surface area (Å²) in [6.07, 6.45) is 4.74. The SMILES string of the molecule is Cc1nn(-c2ccc(F)cc2F)c(NC(=O)c2ccc(CCN3CCCC3)nc2)c1C#N. The zero-order valence-corrected chi connectivity index (χ0v) is 17.6. The molecule has 1 aliphatic rings. The van der Waals surface area contributed by atoms with Crippen molar-refractivity contribution in [3.05, 3.63) is 70.7 Å². The van der Waals surface area contributed by atoms with E-state index in [1.165, 1.54) is 25.1 Å². The van der Waals surface area contributed by atoms with E-state index in [-0.39, 0.29) is 17.1 Å². The topological polar surface area (TPSA) is 86.8 Å². The van der Waals surface area contributed by atoms with Gasteiger partial charge in [0.25, 0.3) is 5.91 Å². The minimum atomic E-state index is -0.864. The highest BCUT2D eigenvalue weighted by molar-refractivity contribution is 6.04. The molecule has 164 valence electrons. The molecule has 3 heterocycles. The number of carbonyl (C=O) groups is 1. The molecule has 1 aromatic carbocycles. The van der Waals surface area contributed by atoms with E-state index in [2.05, 4.69) is 20.3 Å². The fraction of sp³-hybridized carbons (Fsp3) is 0.304. The number of aryl methyl sites for hydroxylation is 1. The van der Waals surface area contributed by atoms with Crippen LogP contribution in [0.25, 0.3) is 5.69 Å². The fourth-order valence-electron chi connectivity index (χ4n) is 3.77. The molecule has 4 rings (SSSR count). The number of benzene rings is 1. The van der Waals surface area contributed by atoms with E-state index < -0.39 is 17.5 Å². The smallest absolute Gasteiger partial charge is 0.258 e. The lowest BCUT2D eigenvalue weighted by Gasteiger charge is -2.14. The summed E-state index contributed by atoms with van der Waals surface area (Å²) in [5, 5.41) is 16.3. The largest absolute Gasteiger partial charge is 0.305 e. The Morgan fingerprint density at radius 3 is 2.66 bits per heavy atom. The molecule has 2 aromatic heterocycles. The molecular formula is C23H22F2N6O. The lowest BCUT2D eigenvalue weighted by Crippen LogP contribution is -2.22. The van der Waals surface area contributed by atoms with Crippen molar-refractivity contribution in [1.82, 2.24) is 19.7 Å². The van der Waals surface area contributed by atoms with Gasteiger partial charge in [0.2, 0.25) is 0 Å². The lowest BCUT2D eigenvalue weighted by molar-refractivity contribution is 0.102. The predicted molar refractivity (Wildman–Crippen MR) is 115 cm³/mol. The number of aromatic nitrogens is 3. The highest BCUT2D eigenvalue weighted by atomic mass is 19.1. The predicted octanol–water partition coefficient (Wildman–Crippen LogP) is 3.62. The number of anilines is 1. The van der Waals surface area contributed by atoms with E-state index in [0.29, 0.717) is 11.3 Å². The van der Waals surface area contributed by atoms with Gasteiger partial charge < -0.3 is 10.2 Å². The van der Waals surface area contributed by atoms with Crippen LogP contribution in [0.4, 0.5) is 14.6 Å². The average Bonchev–Trinajstić information content (AvgIpc) is 3.40. The van der Waals surface area contributed by atoms with Gasteiger partial charge in [0.15, 0.2) is 11.6 Å². The molecule has 0 bridgehead atoms. The maximum Gasteiger partial charge on any atom is 0.258 e. The summed E-state index contributed by atoms with van der Waals surface area (Å²) >= 11 is 0. The number of carbonyl (C=O) groups excluding carboxylic acids is 1. The third kappa shape index (κ3) is 4.50. The van der Waals surface area contributed by atoms with Crippen molar-refractivity contribution >= 4 is 11.7 Å². The van der Waals surface area contributed by atoms with Crippen molar-refractivity contribution in [2.45, 2.75) is 26.2 Å². The van der Waals surface area contributed by atoms with Crippen LogP contribution < -0.4 is 5.32 Å². The highest BCUT2D eigenvalue weighted by Gasteiger charge is 2.21. The summed E-state index contributed by atoms with van der Waals surface area (Å²) in [5.41, 5.74) is 1.50. The number of nitrogens with one attached hydrogen (secondary N) is 1. The summed E-state index contributed by atoms with van der Waals surface area (Å²) in [6.45, 7) is 4.74. The lowest BCUT2D eigenvalue weighted by atomic mass is 10.2. The van der Waals surface area contributed by atoms with Crippen molar-refractivity contribution in [2.75, 3.05) is 25.0 Å². The quantitative estimate of drug-likeness (QED) is 0.638. The second-order valence-corrected chi connectivity index (χ2v) is 7.72. The van der Waals surface area contributed by atoms with Gasteiger partial charge in [-0.2, -0.15) is 10.4 Å². The number of likely N-dealkylation sites (tertiary alicyclic amines) is 1. The summed E-state index contributed by atoms with van der Waals surface area (Å²) in [7, 11) is 0. The standard InChI is InChI=1S/C23H22F2N6O/c1-15-19(13-26)22(31(29-15)21-7-5-17(24)12-20(21)25)28-23(32)16-4-6-18(27-14-16)8-11-30-9-2-3-10-30/h4-7,12,14H,2-3,8-11H2,1H3,(H,28,32). The first-order valence-corrected chi connectivity index (χ1v) is 10.4. The molecule has 0 atom stereocenters. The minimum absolute atomic E-state index is 0.0126. The number of pyridine rings is 1. The van der Waals surface area contributed by atoms with Crippen molar-refractivity contribution in [3.63, 3.8) is 0 Å². The summed E-state index contributed by atoms with van der Waals surface area (Å²) in [6, 6.07) is 8.45. The number of rotatable bonds is 6. The Kier molecular flexibility index (Phi) is 6.23. The van der Waals surface area contributed by atoms with E-state index in [0.717, 1.165) is 48.6 Å². The van der Waals surface area contributed by atoms with Crippen LogP contribution in [0.3, 0.4) is 0 Å². The molecule has 3 aromatic rings. The van der Waals surface area contributed by atoms with Crippen LogP contribution in [-0.4, -0.2) is 45.2 Å². The van der Waals surface area contributed by atoms with Crippen molar-refractivity contribution in [3.8, 4) is 11.8 Å². The monoisotopic (exact) mass is 436 g/mol. The number of amides is 1. The second-order valence-electron chi connectivity index (χ2n) is 7.72. The van der Waals surface area contributed by atoms with Crippen molar-refractivity contribution in [2.24, 2.45) is 0 Å². The van der Waals surface area contributed by atoms with Gasteiger partial charge in [-0.3, -0.25) is 9.78 Å². The van der Waals surface area contributed by atoms with Gasteiger partial charge in [-0.1, -0.05) is 0 Å². The van der Waals surface area contributed by atoms with Gasteiger partial charge in [-0.15, -0.1) is 0 Å². The summed E-state index contributed by atoms with van der Waals surface area (Å²) in [5.74, 6) is -2.10. The van der Waals surface area contributed by atoms with Crippen LogP contribution >= 0.6 is 0 Å². The molecule has 1 N–H and O–H groups in total. The van der Waals surface area contributed by atoms with Crippen LogP contribution in [0.2, 0.25) is 0 Å². The van der Waals surface area contributed by atoms with Crippen LogP contribution in [-0.2, 0) is 6.42 Å². The molecule has 0 aliphatic carbocycles. The van der Waals surface area contributed by atoms with Crippen LogP contribution in [0.1, 0.15) is 40.2 Å². The summed E-state index contributed by atoms with van der Waals surface area (Å²) in [4.78, 5) is 19.6. The molecule has 1 aliphatic heterocycles. The molecule has 0 radical (unpaired) electrons. The van der Waals surface area contributed by atoms with Gasteiger partial charge >= 0.3 is 0 Å². The third-order valence-corrected chi connectivity index (χ3v) is 5.51. The van der Waals surface area contributed by atoms with Crippen LogP contribution in [0.15, 0.2) is 36.5 Å². The average molecular weight is 436 g/mol. The van der Waals surface area contributed by atoms with E-state index in [1.807, 2.05) is 6.07 Å². The van der Waals surface area contributed by atoms with Gasteiger partial charge in [-0.25, -0.2) is 13.5 Å². The van der Waals surface area contributed by atoms with Gasteiger partial charge in [0.05, 0.1) is 11.3 Å². The van der Waals surface area contributed by atoms with Crippen LogP contribution in [0, 0.1) is 29.9 Å². The number of hydrogen-bond acceptors (Lipinski definition) is 5. The van der Waals surface area contributed by atoms with Crippen LogP contribution in [0.5, 0.6) is 0 Å². The van der Waals surface area contributed by atoms with E-state index in [9.17, 15) is 18.8 Å². The molecule has 32 heavy (non-hydrogen) atoms. The zero-order valence-electron chi connectivity index (χ0n) is 17.6. The Labute approximate surface area is 184 Å². The molecule has 0 saturated carbocycles. The molecule has 0 spiro atoms. The van der Waals surface area contributed by atoms with E-state index in [4.69, 9.17) is 0 Å². The number of hydrogen-bond donors (Lipinski definition) is 1. The second kappa shape index (κ2) is 9.24. The van der Waals surface area contributed by atoms with E-state index in [1.54, 1.807) is 19.1 Å². The Bertz CT molecular complexity index is 1180. The Morgan fingerprint density at radius 1 is 1.22 bits per heavy atom. The molecule has 1 amide bonds. The first-order valence-electron chi connectivity index (χ1n) is 10.4. The van der Waals surface area contributed by atoms with Crippen molar-refractivity contribution < 1.29 is 13.6 Å². The first-order chi connectivity index (χ1) is 15.5. The van der Waals surface area contributed by atoms with E-state index >= 15 is 0 Å².